The Hall–Kier alpha value is -1.35. The Bertz CT molecular complexity index is 663. The Balaban J connectivity index is 0.00000338. The van der Waals surface area contributed by atoms with Gasteiger partial charge in [0.05, 0.1) is 19.9 Å². The van der Waals surface area contributed by atoms with E-state index in [4.69, 9.17) is 14.1 Å². The largest absolute Gasteiger partial charge is 0.497 e. The minimum absolute atomic E-state index is 0. The fourth-order valence-corrected chi connectivity index (χ4v) is 2.71. The molecular formula is C19H28IN3O2S. The molecule has 2 N–H and O–H groups in total. The number of ether oxygens (including phenoxy) is 1. The van der Waals surface area contributed by atoms with Gasteiger partial charge in [-0.3, -0.25) is 0 Å². The zero-order chi connectivity index (χ0) is 17.9. The van der Waals surface area contributed by atoms with Crippen LogP contribution in [0.2, 0.25) is 0 Å². The molecule has 26 heavy (non-hydrogen) atoms. The second-order valence-electron chi connectivity index (χ2n) is 5.70. The minimum Gasteiger partial charge on any atom is -0.497 e. The van der Waals surface area contributed by atoms with E-state index >= 15 is 0 Å². The number of nitrogens with one attached hydrogen (secondary N) is 2. The van der Waals surface area contributed by atoms with Gasteiger partial charge in [0.1, 0.15) is 11.5 Å². The number of nitrogens with zero attached hydrogens (tertiary/aromatic N) is 1. The van der Waals surface area contributed by atoms with Crippen molar-refractivity contribution in [1.29, 1.82) is 0 Å². The van der Waals surface area contributed by atoms with Crippen molar-refractivity contribution in [2.24, 2.45) is 4.99 Å². The van der Waals surface area contributed by atoms with Gasteiger partial charge in [-0.25, -0.2) is 4.99 Å². The van der Waals surface area contributed by atoms with Gasteiger partial charge in [-0.15, -0.1) is 24.0 Å². The van der Waals surface area contributed by atoms with Crippen LogP contribution in [0.4, 0.5) is 0 Å². The molecule has 5 nitrogen and oxygen atoms in total. The Morgan fingerprint density at radius 1 is 1.23 bits per heavy atom. The van der Waals surface area contributed by atoms with Crippen molar-refractivity contribution in [1.82, 2.24) is 10.6 Å². The average molecular weight is 489 g/mol. The molecule has 0 aliphatic carbocycles. The van der Waals surface area contributed by atoms with Crippen LogP contribution in [-0.2, 0) is 13.0 Å². The lowest BCUT2D eigenvalue weighted by molar-refractivity contribution is 0.414. The molecule has 0 aliphatic heterocycles. The van der Waals surface area contributed by atoms with Crippen LogP contribution in [0, 0.1) is 6.92 Å². The van der Waals surface area contributed by atoms with E-state index < -0.39 is 0 Å². The molecule has 0 fully saturated rings. The van der Waals surface area contributed by atoms with Gasteiger partial charge in [-0.05, 0) is 48.6 Å². The quantitative estimate of drug-likeness (QED) is 0.243. The number of methoxy groups -OCH3 is 1. The highest BCUT2D eigenvalue weighted by molar-refractivity contribution is 14.0. The zero-order valence-electron chi connectivity index (χ0n) is 15.6. The number of hydrogen-bond acceptors (Lipinski definition) is 4. The predicted octanol–water partition coefficient (Wildman–Crippen LogP) is 3.86. The molecule has 1 heterocycles. The predicted molar refractivity (Wildman–Crippen MR) is 121 cm³/mol. The highest BCUT2D eigenvalue weighted by atomic mass is 127. The first-order chi connectivity index (χ1) is 12.2. The summed E-state index contributed by atoms with van der Waals surface area (Å²) < 4.78 is 10.7. The highest BCUT2D eigenvalue weighted by Gasteiger charge is 2.02. The van der Waals surface area contributed by atoms with E-state index in [1.54, 1.807) is 13.4 Å². The summed E-state index contributed by atoms with van der Waals surface area (Å²) in [5.74, 6) is 3.70. The number of aryl methyl sites for hydroxylation is 1. The Morgan fingerprint density at radius 3 is 2.73 bits per heavy atom. The summed E-state index contributed by atoms with van der Waals surface area (Å²) >= 11 is 1.81. The van der Waals surface area contributed by atoms with Crippen molar-refractivity contribution in [2.45, 2.75) is 19.9 Å². The maximum Gasteiger partial charge on any atom is 0.191 e. The molecule has 7 heteroatoms. The summed E-state index contributed by atoms with van der Waals surface area (Å²) in [6.07, 6.45) is 4.63. The van der Waals surface area contributed by atoms with Gasteiger partial charge in [0, 0.05) is 25.3 Å². The minimum atomic E-state index is 0. The summed E-state index contributed by atoms with van der Waals surface area (Å²) in [4.78, 5) is 4.70. The lowest BCUT2D eigenvalue weighted by Crippen LogP contribution is -2.39. The summed E-state index contributed by atoms with van der Waals surface area (Å²) in [6, 6.07) is 10.1. The molecule has 2 rings (SSSR count). The van der Waals surface area contributed by atoms with E-state index in [1.807, 2.05) is 36.0 Å². The molecule has 0 atom stereocenters. The fourth-order valence-electron chi connectivity index (χ4n) is 2.41. The van der Waals surface area contributed by atoms with E-state index in [9.17, 15) is 0 Å². The van der Waals surface area contributed by atoms with Crippen molar-refractivity contribution in [3.05, 3.63) is 53.5 Å². The van der Waals surface area contributed by atoms with Crippen molar-refractivity contribution in [2.75, 3.05) is 32.2 Å². The maximum absolute atomic E-state index is 5.36. The zero-order valence-corrected chi connectivity index (χ0v) is 18.7. The lowest BCUT2D eigenvalue weighted by atomic mass is 10.1. The number of hydrogen-bond donors (Lipinski definition) is 2. The van der Waals surface area contributed by atoms with E-state index in [0.29, 0.717) is 6.54 Å². The van der Waals surface area contributed by atoms with Crippen LogP contribution in [0.5, 0.6) is 5.75 Å². The van der Waals surface area contributed by atoms with E-state index in [-0.39, 0.29) is 24.0 Å². The number of benzene rings is 1. The molecule has 1 aromatic heterocycles. The van der Waals surface area contributed by atoms with E-state index in [0.717, 1.165) is 48.3 Å². The molecule has 0 radical (unpaired) electrons. The molecule has 1 aromatic carbocycles. The van der Waals surface area contributed by atoms with Gasteiger partial charge in [0.2, 0.25) is 0 Å². The number of rotatable bonds is 9. The van der Waals surface area contributed by atoms with Gasteiger partial charge in [-0.1, -0.05) is 6.07 Å². The molecule has 0 unspecified atom stereocenters. The third-order valence-corrected chi connectivity index (χ3v) is 4.22. The van der Waals surface area contributed by atoms with Gasteiger partial charge >= 0.3 is 0 Å². The molecule has 0 saturated heterocycles. The third kappa shape index (κ3) is 8.35. The van der Waals surface area contributed by atoms with Crippen LogP contribution in [-0.4, -0.2) is 38.2 Å². The van der Waals surface area contributed by atoms with Crippen LogP contribution in [0.3, 0.4) is 0 Å². The molecule has 0 aliphatic rings. The first-order valence-electron chi connectivity index (χ1n) is 8.39. The van der Waals surface area contributed by atoms with Crippen molar-refractivity contribution in [3.8, 4) is 5.75 Å². The second kappa shape index (κ2) is 12.9. The van der Waals surface area contributed by atoms with Gasteiger partial charge < -0.3 is 19.8 Å². The molecule has 0 bridgehead atoms. The molecule has 0 amide bonds. The van der Waals surface area contributed by atoms with Crippen LogP contribution in [0.25, 0.3) is 0 Å². The standard InChI is InChI=1S/C19H27N3O2S.HI/c1-15-11-16(13-18(12-15)23-2)14-22-19(21-8-10-25-3)20-7-6-17-5-4-9-24-17;/h4-5,9,11-13H,6-8,10,14H2,1-3H3,(H2,20,21,22);1H. The van der Waals surface area contributed by atoms with Crippen LogP contribution < -0.4 is 15.4 Å². The van der Waals surface area contributed by atoms with Crippen LogP contribution in [0.1, 0.15) is 16.9 Å². The summed E-state index contributed by atoms with van der Waals surface area (Å²) in [7, 11) is 1.69. The van der Waals surface area contributed by atoms with Gasteiger partial charge in [0.25, 0.3) is 0 Å². The van der Waals surface area contributed by atoms with Gasteiger partial charge in [-0.2, -0.15) is 11.8 Å². The molecule has 144 valence electrons. The Labute approximate surface area is 177 Å². The maximum atomic E-state index is 5.36. The van der Waals surface area contributed by atoms with Crippen LogP contribution in [0.15, 0.2) is 46.0 Å². The fraction of sp³-hybridized carbons (Fsp3) is 0.421. The normalized spacial score (nSPS) is 11.0. The van der Waals surface area contributed by atoms with Gasteiger partial charge in [0.15, 0.2) is 5.96 Å². The summed E-state index contributed by atoms with van der Waals surface area (Å²) in [6.45, 7) is 4.32. The second-order valence-corrected chi connectivity index (χ2v) is 6.68. The van der Waals surface area contributed by atoms with Crippen molar-refractivity contribution in [3.63, 3.8) is 0 Å². The van der Waals surface area contributed by atoms with Crippen molar-refractivity contribution < 1.29 is 9.15 Å². The van der Waals surface area contributed by atoms with Crippen LogP contribution >= 0.6 is 35.7 Å². The molecule has 0 saturated carbocycles. The number of furan rings is 1. The van der Waals surface area contributed by atoms with Crippen molar-refractivity contribution >= 4 is 41.7 Å². The first kappa shape index (κ1) is 22.7. The lowest BCUT2D eigenvalue weighted by Gasteiger charge is -2.12. The Kier molecular flexibility index (Phi) is 11.3. The Morgan fingerprint density at radius 2 is 2.04 bits per heavy atom. The van der Waals surface area contributed by atoms with E-state index in [2.05, 4.69) is 29.9 Å². The average Bonchev–Trinajstić information content (AvgIpc) is 3.12. The molecule has 0 spiro atoms. The first-order valence-corrected chi connectivity index (χ1v) is 9.78. The van der Waals surface area contributed by atoms with E-state index in [1.165, 1.54) is 5.56 Å². The molecule has 2 aromatic rings. The summed E-state index contributed by atoms with van der Waals surface area (Å²) in [5, 5.41) is 6.74. The number of thioether (sulfide) groups is 1. The highest BCUT2D eigenvalue weighted by Crippen LogP contribution is 2.17. The monoisotopic (exact) mass is 489 g/mol. The topological polar surface area (TPSA) is 58.8 Å². The smallest absolute Gasteiger partial charge is 0.191 e. The number of aliphatic imine (C=N–C) groups is 1. The molecular weight excluding hydrogens is 461 g/mol. The third-order valence-electron chi connectivity index (χ3n) is 3.61. The number of guanidine groups is 1. The SMILES string of the molecule is COc1cc(C)cc(CN=C(NCCSC)NCCc2ccco2)c1.I. The summed E-state index contributed by atoms with van der Waals surface area (Å²) in [5.41, 5.74) is 2.31. The number of halogens is 1.